The Morgan fingerprint density at radius 3 is 2.53 bits per heavy atom. The third-order valence-corrected chi connectivity index (χ3v) is 3.98. The normalized spacial score (nSPS) is 30.0. The van der Waals surface area contributed by atoms with Crippen molar-refractivity contribution in [2.45, 2.75) is 46.6 Å². The molecule has 1 N–H and O–H groups in total. The molecule has 0 aliphatic heterocycles. The summed E-state index contributed by atoms with van der Waals surface area (Å²) in [5.74, 6) is 0.838. The molecule has 0 heterocycles. The largest absolute Gasteiger partial charge is 0.313 e. The second-order valence-corrected chi connectivity index (χ2v) is 5.68. The molecule has 2 atom stereocenters. The van der Waals surface area contributed by atoms with E-state index in [2.05, 4.69) is 45.0 Å². The monoisotopic (exact) mass is 212 g/mol. The lowest BCUT2D eigenvalue weighted by molar-refractivity contribution is 0.209. The van der Waals surface area contributed by atoms with Crippen molar-refractivity contribution in [3.63, 3.8) is 0 Å². The first-order valence-corrected chi connectivity index (χ1v) is 6.43. The average Bonchev–Trinajstić information content (AvgIpc) is 2.45. The lowest BCUT2D eigenvalue weighted by Gasteiger charge is -2.33. The SMILES string of the molecule is CCNC1C(CN(C)CC)CCC1(C)C. The van der Waals surface area contributed by atoms with Crippen LogP contribution in [0.4, 0.5) is 0 Å². The zero-order valence-corrected chi connectivity index (χ0v) is 11.1. The first kappa shape index (κ1) is 13.0. The van der Waals surface area contributed by atoms with Crippen LogP contribution in [0.25, 0.3) is 0 Å². The molecule has 0 bridgehead atoms. The highest BCUT2D eigenvalue weighted by Gasteiger charge is 2.41. The molecule has 1 rings (SSSR count). The van der Waals surface area contributed by atoms with Crippen LogP contribution in [0.15, 0.2) is 0 Å². The van der Waals surface area contributed by atoms with Gasteiger partial charge in [-0.15, -0.1) is 0 Å². The van der Waals surface area contributed by atoms with Gasteiger partial charge in [0.15, 0.2) is 0 Å². The first-order chi connectivity index (χ1) is 7.01. The number of nitrogens with one attached hydrogen (secondary N) is 1. The predicted molar refractivity (Wildman–Crippen MR) is 67.1 cm³/mol. The summed E-state index contributed by atoms with van der Waals surface area (Å²) in [6.45, 7) is 12.8. The van der Waals surface area contributed by atoms with Crippen molar-refractivity contribution >= 4 is 0 Å². The Bertz CT molecular complexity index is 189. The zero-order chi connectivity index (χ0) is 11.5. The van der Waals surface area contributed by atoms with E-state index in [-0.39, 0.29) is 0 Å². The van der Waals surface area contributed by atoms with Crippen molar-refractivity contribution in [2.75, 3.05) is 26.7 Å². The summed E-state index contributed by atoms with van der Waals surface area (Å²) in [4.78, 5) is 2.44. The van der Waals surface area contributed by atoms with Crippen molar-refractivity contribution in [2.24, 2.45) is 11.3 Å². The number of nitrogens with zero attached hydrogens (tertiary/aromatic N) is 1. The molecule has 1 saturated carbocycles. The number of hydrogen-bond donors (Lipinski definition) is 1. The Hall–Kier alpha value is -0.0800. The average molecular weight is 212 g/mol. The van der Waals surface area contributed by atoms with Gasteiger partial charge >= 0.3 is 0 Å². The molecule has 0 aromatic carbocycles. The Morgan fingerprint density at radius 1 is 1.33 bits per heavy atom. The topological polar surface area (TPSA) is 15.3 Å². The Labute approximate surface area is 95.4 Å². The van der Waals surface area contributed by atoms with Crippen molar-refractivity contribution in [3.8, 4) is 0 Å². The number of rotatable bonds is 5. The van der Waals surface area contributed by atoms with Gasteiger partial charge < -0.3 is 10.2 Å². The molecule has 15 heavy (non-hydrogen) atoms. The molecule has 0 aromatic heterocycles. The Balaban J connectivity index is 2.57. The van der Waals surface area contributed by atoms with Gasteiger partial charge in [0.25, 0.3) is 0 Å². The number of hydrogen-bond acceptors (Lipinski definition) is 2. The first-order valence-electron chi connectivity index (χ1n) is 6.43. The molecule has 0 amide bonds. The van der Waals surface area contributed by atoms with Crippen molar-refractivity contribution in [1.29, 1.82) is 0 Å². The predicted octanol–water partition coefficient (Wildman–Crippen LogP) is 2.35. The zero-order valence-electron chi connectivity index (χ0n) is 11.1. The highest BCUT2D eigenvalue weighted by atomic mass is 15.1. The van der Waals surface area contributed by atoms with Crippen LogP contribution < -0.4 is 5.32 Å². The molecule has 90 valence electrons. The van der Waals surface area contributed by atoms with Gasteiger partial charge in [-0.3, -0.25) is 0 Å². The minimum Gasteiger partial charge on any atom is -0.313 e. The Kier molecular flexibility index (Phi) is 4.60. The van der Waals surface area contributed by atoms with Crippen molar-refractivity contribution in [3.05, 3.63) is 0 Å². The molecule has 2 heteroatoms. The van der Waals surface area contributed by atoms with Gasteiger partial charge in [0.1, 0.15) is 0 Å². The molecule has 0 saturated heterocycles. The lowest BCUT2D eigenvalue weighted by Crippen LogP contribution is -2.45. The van der Waals surface area contributed by atoms with Gasteiger partial charge in [-0.2, -0.15) is 0 Å². The fourth-order valence-electron chi connectivity index (χ4n) is 2.91. The van der Waals surface area contributed by atoms with E-state index in [9.17, 15) is 0 Å². The smallest absolute Gasteiger partial charge is 0.0159 e. The van der Waals surface area contributed by atoms with E-state index in [1.54, 1.807) is 0 Å². The summed E-state index contributed by atoms with van der Waals surface area (Å²) in [6, 6.07) is 0.705. The summed E-state index contributed by atoms with van der Waals surface area (Å²) < 4.78 is 0. The molecule has 0 radical (unpaired) electrons. The van der Waals surface area contributed by atoms with E-state index in [0.29, 0.717) is 11.5 Å². The highest BCUT2D eigenvalue weighted by Crippen LogP contribution is 2.41. The summed E-state index contributed by atoms with van der Waals surface area (Å²) in [5, 5.41) is 3.69. The maximum absolute atomic E-state index is 3.69. The van der Waals surface area contributed by atoms with E-state index < -0.39 is 0 Å². The summed E-state index contributed by atoms with van der Waals surface area (Å²) in [7, 11) is 2.23. The molecule has 1 fully saturated rings. The van der Waals surface area contributed by atoms with Gasteiger partial charge in [0, 0.05) is 12.6 Å². The molecular weight excluding hydrogens is 184 g/mol. The second kappa shape index (κ2) is 5.31. The molecule has 0 spiro atoms. The van der Waals surface area contributed by atoms with Crippen molar-refractivity contribution < 1.29 is 0 Å². The van der Waals surface area contributed by atoms with Crippen LogP contribution in [0.2, 0.25) is 0 Å². The fraction of sp³-hybridized carbons (Fsp3) is 1.00. The van der Waals surface area contributed by atoms with Gasteiger partial charge in [0.05, 0.1) is 0 Å². The molecule has 1 aliphatic rings. The third kappa shape index (κ3) is 3.18. The van der Waals surface area contributed by atoms with Crippen LogP contribution in [0.5, 0.6) is 0 Å². The van der Waals surface area contributed by atoms with Crippen LogP contribution in [-0.4, -0.2) is 37.6 Å². The van der Waals surface area contributed by atoms with E-state index >= 15 is 0 Å². The Morgan fingerprint density at radius 2 is 2.00 bits per heavy atom. The van der Waals surface area contributed by atoms with Crippen molar-refractivity contribution in [1.82, 2.24) is 10.2 Å². The minimum absolute atomic E-state index is 0.481. The summed E-state index contributed by atoms with van der Waals surface area (Å²) >= 11 is 0. The maximum atomic E-state index is 3.69. The molecule has 1 aliphatic carbocycles. The van der Waals surface area contributed by atoms with Crippen LogP contribution >= 0.6 is 0 Å². The van der Waals surface area contributed by atoms with Gasteiger partial charge in [-0.25, -0.2) is 0 Å². The third-order valence-electron chi connectivity index (χ3n) is 3.98. The van der Waals surface area contributed by atoms with Gasteiger partial charge in [0.2, 0.25) is 0 Å². The standard InChI is InChI=1S/C13H28N2/c1-6-14-12-11(10-15(5)7-2)8-9-13(12,3)4/h11-12,14H,6-10H2,1-5H3. The van der Waals surface area contributed by atoms with Crippen LogP contribution in [0.3, 0.4) is 0 Å². The van der Waals surface area contributed by atoms with Gasteiger partial charge in [-0.1, -0.05) is 27.7 Å². The van der Waals surface area contributed by atoms with Crippen LogP contribution in [0.1, 0.15) is 40.5 Å². The summed E-state index contributed by atoms with van der Waals surface area (Å²) in [6.07, 6.45) is 2.75. The fourth-order valence-corrected chi connectivity index (χ4v) is 2.91. The van der Waals surface area contributed by atoms with Gasteiger partial charge in [-0.05, 0) is 44.3 Å². The molecule has 2 unspecified atom stereocenters. The highest BCUT2D eigenvalue weighted by molar-refractivity contribution is 4.96. The molecule has 0 aromatic rings. The molecular formula is C13H28N2. The van der Waals surface area contributed by atoms with E-state index in [1.807, 2.05) is 0 Å². The van der Waals surface area contributed by atoms with Crippen LogP contribution in [-0.2, 0) is 0 Å². The second-order valence-electron chi connectivity index (χ2n) is 5.68. The van der Waals surface area contributed by atoms with E-state index in [1.165, 1.54) is 19.4 Å². The quantitative estimate of drug-likeness (QED) is 0.752. The maximum Gasteiger partial charge on any atom is 0.0159 e. The van der Waals surface area contributed by atoms with Crippen LogP contribution in [0, 0.1) is 11.3 Å². The van der Waals surface area contributed by atoms with E-state index in [4.69, 9.17) is 0 Å². The minimum atomic E-state index is 0.481. The van der Waals surface area contributed by atoms with E-state index in [0.717, 1.165) is 19.0 Å². The summed E-state index contributed by atoms with van der Waals surface area (Å²) in [5.41, 5.74) is 0.481. The lowest BCUT2D eigenvalue weighted by atomic mass is 9.84. The molecule has 2 nitrogen and oxygen atoms in total.